The summed E-state index contributed by atoms with van der Waals surface area (Å²) in [5, 5.41) is 14.1. The Morgan fingerprint density at radius 2 is 2.26 bits per heavy atom. The van der Waals surface area contributed by atoms with Crippen molar-refractivity contribution in [3.05, 3.63) is 36.2 Å². The van der Waals surface area contributed by atoms with Crippen molar-refractivity contribution < 1.29 is 9.90 Å². The number of aromatic nitrogens is 4. The lowest BCUT2D eigenvalue weighted by atomic mass is 10.0. The van der Waals surface area contributed by atoms with E-state index in [1.807, 2.05) is 26.4 Å². The minimum atomic E-state index is -0.576. The number of nitrogens with zero attached hydrogens (tertiary/aromatic N) is 5. The maximum absolute atomic E-state index is 13.0. The highest BCUT2D eigenvalue weighted by Gasteiger charge is 2.52. The van der Waals surface area contributed by atoms with Crippen molar-refractivity contribution in [2.45, 2.75) is 45.5 Å². The van der Waals surface area contributed by atoms with Gasteiger partial charge in [0.25, 0.3) is 0 Å². The minimum absolute atomic E-state index is 0.234. The second-order valence-corrected chi connectivity index (χ2v) is 6.70. The summed E-state index contributed by atoms with van der Waals surface area (Å²) >= 11 is 0. The number of imidazole rings is 1. The van der Waals surface area contributed by atoms with E-state index < -0.39 is 6.10 Å². The van der Waals surface area contributed by atoms with Crippen molar-refractivity contribution in [2.24, 2.45) is 5.41 Å². The van der Waals surface area contributed by atoms with Crippen LogP contribution in [0, 0.1) is 5.41 Å². The summed E-state index contributed by atoms with van der Waals surface area (Å²) in [4.78, 5) is 19.0. The predicted molar refractivity (Wildman–Crippen MR) is 82.2 cm³/mol. The molecule has 0 unspecified atom stereocenters. The van der Waals surface area contributed by atoms with Crippen LogP contribution in [0.3, 0.4) is 0 Å². The Morgan fingerprint density at radius 1 is 1.43 bits per heavy atom. The largest absolute Gasteiger partial charge is 0.387 e. The van der Waals surface area contributed by atoms with E-state index in [0.717, 1.165) is 18.5 Å². The third kappa shape index (κ3) is 2.55. The number of aliphatic hydroxyl groups is 1. The van der Waals surface area contributed by atoms with Crippen LogP contribution in [0.2, 0.25) is 0 Å². The maximum atomic E-state index is 13.0. The summed E-state index contributed by atoms with van der Waals surface area (Å²) in [7, 11) is 0. The normalized spacial score (nSPS) is 20.2. The first-order valence-corrected chi connectivity index (χ1v) is 8.07. The van der Waals surface area contributed by atoms with Gasteiger partial charge in [0.15, 0.2) is 0 Å². The fourth-order valence-electron chi connectivity index (χ4n) is 3.32. The quantitative estimate of drug-likeness (QED) is 0.911. The zero-order chi connectivity index (χ0) is 16.0. The summed E-state index contributed by atoms with van der Waals surface area (Å²) in [6.07, 6.45) is 6.74. The van der Waals surface area contributed by atoms with E-state index in [1.54, 1.807) is 19.4 Å². The van der Waals surface area contributed by atoms with E-state index in [9.17, 15) is 9.90 Å². The Morgan fingerprint density at radius 3 is 2.91 bits per heavy atom. The van der Waals surface area contributed by atoms with Crippen LogP contribution in [0.25, 0.3) is 0 Å². The van der Waals surface area contributed by atoms with Gasteiger partial charge in [0.05, 0.1) is 42.3 Å². The summed E-state index contributed by atoms with van der Waals surface area (Å²) in [6, 6.07) is 1.90. The lowest BCUT2D eigenvalue weighted by Gasteiger charge is -2.31. The molecule has 0 bridgehead atoms. The monoisotopic (exact) mass is 315 g/mol. The fourth-order valence-corrected chi connectivity index (χ4v) is 3.32. The number of rotatable bonds is 4. The zero-order valence-corrected chi connectivity index (χ0v) is 13.2. The van der Waals surface area contributed by atoms with Gasteiger partial charge in [-0.1, -0.05) is 0 Å². The number of carbonyl (C=O) groups is 1. The number of hydrogen-bond donors (Lipinski definition) is 1. The summed E-state index contributed by atoms with van der Waals surface area (Å²) in [6.45, 7) is 4.36. The topological polar surface area (TPSA) is 76.2 Å². The van der Waals surface area contributed by atoms with E-state index in [1.165, 1.54) is 0 Å². The summed E-state index contributed by atoms with van der Waals surface area (Å²) < 4.78 is 3.89. The molecule has 3 heterocycles. The maximum Gasteiger partial charge on any atom is 0.231 e. The van der Waals surface area contributed by atoms with E-state index in [0.29, 0.717) is 31.9 Å². The van der Waals surface area contributed by atoms with Crippen molar-refractivity contribution in [1.82, 2.24) is 24.2 Å². The molecule has 0 saturated heterocycles. The number of fused-ring (bicyclic) bond motifs is 1. The van der Waals surface area contributed by atoms with Gasteiger partial charge < -0.3 is 14.6 Å². The molecule has 1 saturated carbocycles. The number of amides is 1. The smallest absolute Gasteiger partial charge is 0.231 e. The van der Waals surface area contributed by atoms with Gasteiger partial charge in [-0.15, -0.1) is 0 Å². The lowest BCUT2D eigenvalue weighted by molar-refractivity contribution is -0.139. The molecule has 7 heteroatoms. The molecule has 1 amide bonds. The molecule has 1 N–H and O–H groups in total. The van der Waals surface area contributed by atoms with Gasteiger partial charge in [0, 0.05) is 25.5 Å². The molecule has 7 nitrogen and oxygen atoms in total. The molecular weight excluding hydrogens is 294 g/mol. The Hall–Kier alpha value is -2.15. The van der Waals surface area contributed by atoms with Crippen molar-refractivity contribution in [3.63, 3.8) is 0 Å². The molecular formula is C16H21N5O2. The summed E-state index contributed by atoms with van der Waals surface area (Å²) in [5.74, 6) is 0.234. The third-order valence-corrected chi connectivity index (χ3v) is 4.88. The van der Waals surface area contributed by atoms with Crippen molar-refractivity contribution in [3.8, 4) is 0 Å². The SMILES string of the molecule is C[C@H](O)c1cc2n(n1)CCN(C(=O)C1(Cn3ccnc3)CC1)C2. The van der Waals surface area contributed by atoms with Gasteiger partial charge in [0.1, 0.15) is 0 Å². The van der Waals surface area contributed by atoms with E-state index in [2.05, 4.69) is 10.1 Å². The van der Waals surface area contributed by atoms with Crippen LogP contribution in [0.4, 0.5) is 0 Å². The first kappa shape index (κ1) is 14.4. The first-order chi connectivity index (χ1) is 11.1. The second kappa shape index (κ2) is 5.19. The van der Waals surface area contributed by atoms with Crippen LogP contribution in [0.15, 0.2) is 24.8 Å². The van der Waals surface area contributed by atoms with E-state index >= 15 is 0 Å². The highest BCUT2D eigenvalue weighted by molar-refractivity contribution is 5.85. The van der Waals surface area contributed by atoms with Gasteiger partial charge in [-0.2, -0.15) is 5.10 Å². The first-order valence-electron chi connectivity index (χ1n) is 8.07. The standard InChI is InChI=1S/C16H21N5O2/c1-12(22)14-8-13-9-20(6-7-21(13)18-14)15(23)16(2-3-16)10-19-5-4-17-11-19/h4-5,8,11-12,22H,2-3,6-7,9-10H2,1H3/t12-/m0/s1. The van der Waals surface area contributed by atoms with Gasteiger partial charge in [-0.05, 0) is 25.8 Å². The number of aliphatic hydroxyl groups excluding tert-OH is 1. The zero-order valence-electron chi connectivity index (χ0n) is 13.2. The van der Waals surface area contributed by atoms with Crippen molar-refractivity contribution >= 4 is 5.91 Å². The lowest BCUT2D eigenvalue weighted by Crippen LogP contribution is -2.43. The van der Waals surface area contributed by atoms with Crippen LogP contribution in [-0.4, -0.2) is 41.8 Å². The van der Waals surface area contributed by atoms with Gasteiger partial charge in [0.2, 0.25) is 5.91 Å². The Bertz CT molecular complexity index is 715. The Kier molecular flexibility index (Phi) is 3.26. The molecule has 2 aliphatic rings. The molecule has 122 valence electrons. The fraction of sp³-hybridized carbons (Fsp3) is 0.562. The third-order valence-electron chi connectivity index (χ3n) is 4.88. The Labute approximate surface area is 134 Å². The molecule has 1 aliphatic heterocycles. The predicted octanol–water partition coefficient (Wildman–Crippen LogP) is 0.955. The van der Waals surface area contributed by atoms with E-state index in [4.69, 9.17) is 0 Å². The Balaban J connectivity index is 1.49. The molecule has 4 rings (SSSR count). The average Bonchev–Trinajstić information content (AvgIpc) is 2.97. The van der Waals surface area contributed by atoms with Crippen LogP contribution in [-0.2, 0) is 24.4 Å². The van der Waals surface area contributed by atoms with Crippen LogP contribution >= 0.6 is 0 Å². The van der Waals surface area contributed by atoms with Crippen molar-refractivity contribution in [2.75, 3.05) is 6.54 Å². The van der Waals surface area contributed by atoms with Crippen molar-refractivity contribution in [1.29, 1.82) is 0 Å². The molecule has 2 aromatic rings. The molecule has 23 heavy (non-hydrogen) atoms. The van der Waals surface area contributed by atoms with Gasteiger partial charge in [-0.3, -0.25) is 9.48 Å². The number of carbonyl (C=O) groups excluding carboxylic acids is 1. The van der Waals surface area contributed by atoms with E-state index in [-0.39, 0.29) is 11.3 Å². The number of hydrogen-bond acceptors (Lipinski definition) is 4. The molecule has 1 fully saturated rings. The second-order valence-electron chi connectivity index (χ2n) is 6.70. The molecule has 2 aromatic heterocycles. The van der Waals surface area contributed by atoms with Crippen LogP contribution in [0.1, 0.15) is 37.3 Å². The molecule has 0 spiro atoms. The molecule has 1 atom stereocenters. The summed E-state index contributed by atoms with van der Waals surface area (Å²) in [5.41, 5.74) is 1.42. The minimum Gasteiger partial charge on any atom is -0.387 e. The van der Waals surface area contributed by atoms with Gasteiger partial charge >= 0.3 is 0 Å². The highest BCUT2D eigenvalue weighted by atomic mass is 16.3. The molecule has 0 radical (unpaired) electrons. The highest BCUT2D eigenvalue weighted by Crippen LogP contribution is 2.49. The molecule has 1 aliphatic carbocycles. The van der Waals surface area contributed by atoms with Crippen LogP contribution in [0.5, 0.6) is 0 Å². The van der Waals surface area contributed by atoms with Crippen LogP contribution < -0.4 is 0 Å². The molecule has 0 aromatic carbocycles. The average molecular weight is 315 g/mol. The van der Waals surface area contributed by atoms with Gasteiger partial charge in [-0.25, -0.2) is 4.98 Å².